The fourth-order valence-electron chi connectivity index (χ4n) is 5.47. The molecular formula is C29H27N5O4. The first kappa shape index (κ1) is 23.8. The first-order valence-electron chi connectivity index (χ1n) is 12.8. The fraction of sp³-hybridized carbons (Fsp3) is 0.276. The van der Waals surface area contributed by atoms with Gasteiger partial charge in [0.05, 0.1) is 27.7 Å². The Hall–Kier alpha value is -4.53. The minimum Gasteiger partial charge on any atom is -0.427 e. The van der Waals surface area contributed by atoms with Crippen molar-refractivity contribution < 1.29 is 14.3 Å². The number of aryl methyl sites for hydroxylation is 1. The first-order chi connectivity index (χ1) is 18.3. The quantitative estimate of drug-likeness (QED) is 0.208. The molecule has 0 unspecified atom stereocenters. The number of ether oxygens (including phenoxy) is 1. The van der Waals surface area contributed by atoms with Gasteiger partial charge in [-0.25, -0.2) is 4.98 Å². The summed E-state index contributed by atoms with van der Waals surface area (Å²) in [6.07, 6.45) is 3.55. The van der Waals surface area contributed by atoms with E-state index < -0.39 is 5.97 Å². The van der Waals surface area contributed by atoms with Crippen molar-refractivity contribution >= 4 is 50.3 Å². The zero-order valence-corrected chi connectivity index (χ0v) is 21.5. The zero-order valence-electron chi connectivity index (χ0n) is 21.5. The van der Waals surface area contributed by atoms with Crippen LogP contribution in [0, 0.1) is 6.92 Å². The highest BCUT2D eigenvalue weighted by Crippen LogP contribution is 2.37. The first-order valence-corrected chi connectivity index (χ1v) is 12.8. The lowest BCUT2D eigenvalue weighted by Crippen LogP contribution is -2.29. The lowest BCUT2D eigenvalue weighted by Gasteiger charge is -2.29. The Kier molecular flexibility index (Phi) is 5.71. The van der Waals surface area contributed by atoms with E-state index in [1.54, 1.807) is 24.3 Å². The maximum atomic E-state index is 13.7. The van der Waals surface area contributed by atoms with Crippen LogP contribution in [0.15, 0.2) is 47.3 Å². The van der Waals surface area contributed by atoms with Crippen LogP contribution in [0.3, 0.4) is 0 Å². The minimum absolute atomic E-state index is 0.271. The number of anilines is 1. The van der Waals surface area contributed by atoms with Gasteiger partial charge in [0, 0.05) is 49.0 Å². The molecule has 38 heavy (non-hydrogen) atoms. The topological polar surface area (TPSA) is 110 Å². The number of hydrogen-bond donors (Lipinski definition) is 1. The molecule has 1 aliphatic rings. The van der Waals surface area contributed by atoms with E-state index in [1.807, 2.05) is 19.1 Å². The van der Waals surface area contributed by atoms with Crippen molar-refractivity contribution in [1.82, 2.24) is 19.7 Å². The summed E-state index contributed by atoms with van der Waals surface area (Å²) >= 11 is 0. The minimum atomic E-state index is -0.421. The average Bonchev–Trinajstić information content (AvgIpc) is 3.25. The third-order valence-corrected chi connectivity index (χ3v) is 7.15. The Morgan fingerprint density at radius 3 is 2.37 bits per heavy atom. The summed E-state index contributed by atoms with van der Waals surface area (Å²) in [5.74, 6) is -0.302. The lowest BCUT2D eigenvalue weighted by atomic mass is 9.98. The number of fused-ring (bicyclic) bond motifs is 5. The van der Waals surface area contributed by atoms with Gasteiger partial charge in [-0.2, -0.15) is 9.78 Å². The highest BCUT2D eigenvalue weighted by molar-refractivity contribution is 6.22. The number of nitrogens with one attached hydrogen (secondary N) is 1. The average molecular weight is 510 g/mol. The molecule has 3 aromatic heterocycles. The Morgan fingerprint density at radius 1 is 0.947 bits per heavy atom. The molecule has 0 atom stereocenters. The molecule has 0 aliphatic carbocycles. The normalized spacial score (nSPS) is 13.9. The maximum Gasteiger partial charge on any atom is 0.308 e. The largest absolute Gasteiger partial charge is 0.427 e. The molecule has 1 aliphatic heterocycles. The van der Waals surface area contributed by atoms with Crippen LogP contribution in [0.5, 0.6) is 5.75 Å². The van der Waals surface area contributed by atoms with E-state index in [0.717, 1.165) is 42.5 Å². The second-order valence-corrected chi connectivity index (χ2v) is 9.77. The number of benzene rings is 2. The standard InChI is InChI=1S/C29H27N5O4/c1-16-24-25-22-12-9-20(33-13-5-4-6-14-33)15-23(22)30-29(37)26(25)27(31-28(24)34(32-16)17(2)35)19-7-10-21(11-8-19)38-18(3)36/h7-12,15H,4-6,13-14H2,1-3H3,(H,30,37). The van der Waals surface area contributed by atoms with Crippen molar-refractivity contribution in [2.45, 2.75) is 40.0 Å². The van der Waals surface area contributed by atoms with Crippen LogP contribution in [0.1, 0.15) is 43.6 Å². The molecule has 9 nitrogen and oxygen atoms in total. The van der Waals surface area contributed by atoms with Crippen LogP contribution in [0.25, 0.3) is 44.0 Å². The molecule has 5 aromatic rings. The van der Waals surface area contributed by atoms with Crippen molar-refractivity contribution in [3.05, 3.63) is 58.5 Å². The number of nitrogens with zero attached hydrogens (tertiary/aromatic N) is 4. The number of hydrogen-bond acceptors (Lipinski definition) is 7. The van der Waals surface area contributed by atoms with E-state index in [9.17, 15) is 14.4 Å². The number of pyridine rings is 2. The Labute approximate surface area is 218 Å². The second-order valence-electron chi connectivity index (χ2n) is 9.77. The van der Waals surface area contributed by atoms with E-state index in [0.29, 0.717) is 44.5 Å². The zero-order chi connectivity index (χ0) is 26.6. The summed E-state index contributed by atoms with van der Waals surface area (Å²) < 4.78 is 6.46. The Balaban J connectivity index is 1.67. The van der Waals surface area contributed by atoms with Gasteiger partial charge in [-0.05, 0) is 62.6 Å². The van der Waals surface area contributed by atoms with Crippen LogP contribution in [0.4, 0.5) is 5.69 Å². The van der Waals surface area contributed by atoms with Crippen molar-refractivity contribution in [3.63, 3.8) is 0 Å². The predicted molar refractivity (Wildman–Crippen MR) is 147 cm³/mol. The summed E-state index contributed by atoms with van der Waals surface area (Å²) in [6.45, 7) is 6.59. The number of carbonyl (C=O) groups excluding carboxylic acids is 2. The molecule has 0 saturated carbocycles. The van der Waals surface area contributed by atoms with Crippen molar-refractivity contribution in [3.8, 4) is 17.0 Å². The summed E-state index contributed by atoms with van der Waals surface area (Å²) in [5, 5.41) is 7.14. The molecule has 2 aromatic carbocycles. The van der Waals surface area contributed by atoms with Crippen LogP contribution in [0.2, 0.25) is 0 Å². The molecular weight excluding hydrogens is 482 g/mol. The van der Waals surface area contributed by atoms with Crippen LogP contribution >= 0.6 is 0 Å². The molecule has 1 fully saturated rings. The second kappa shape index (κ2) is 9.09. The molecule has 4 heterocycles. The fourth-order valence-corrected chi connectivity index (χ4v) is 5.47. The Morgan fingerprint density at radius 2 is 1.68 bits per heavy atom. The lowest BCUT2D eigenvalue weighted by molar-refractivity contribution is -0.131. The number of rotatable bonds is 3. The number of aromatic amines is 1. The smallest absolute Gasteiger partial charge is 0.308 e. The predicted octanol–water partition coefficient (Wildman–Crippen LogP) is 4.98. The number of aromatic nitrogens is 4. The number of carbonyl (C=O) groups is 2. The summed E-state index contributed by atoms with van der Waals surface area (Å²) in [5.41, 5.74) is 3.62. The molecule has 0 spiro atoms. The monoisotopic (exact) mass is 509 g/mol. The van der Waals surface area contributed by atoms with Gasteiger partial charge >= 0.3 is 5.97 Å². The third kappa shape index (κ3) is 3.91. The van der Waals surface area contributed by atoms with Crippen molar-refractivity contribution in [2.75, 3.05) is 18.0 Å². The van der Waals surface area contributed by atoms with Gasteiger partial charge in [0.15, 0.2) is 5.65 Å². The summed E-state index contributed by atoms with van der Waals surface area (Å²) in [4.78, 5) is 47.8. The molecule has 0 bridgehead atoms. The molecule has 0 amide bonds. The summed E-state index contributed by atoms with van der Waals surface area (Å²) in [6, 6.07) is 13.0. The van der Waals surface area contributed by atoms with Gasteiger partial charge < -0.3 is 14.6 Å². The van der Waals surface area contributed by atoms with E-state index in [4.69, 9.17) is 9.72 Å². The van der Waals surface area contributed by atoms with Crippen molar-refractivity contribution in [2.24, 2.45) is 0 Å². The van der Waals surface area contributed by atoms with Crippen LogP contribution < -0.4 is 15.2 Å². The SMILES string of the molecule is CC(=O)Oc1ccc(-c2nc3c(c(C)nn3C(C)=O)c3c2c(=O)[nH]c2cc(N4CCCCC4)ccc23)cc1. The van der Waals surface area contributed by atoms with E-state index in [1.165, 1.54) is 25.0 Å². The van der Waals surface area contributed by atoms with Gasteiger partial charge in [0.2, 0.25) is 5.91 Å². The van der Waals surface area contributed by atoms with E-state index in [-0.39, 0.29) is 11.5 Å². The van der Waals surface area contributed by atoms with Crippen molar-refractivity contribution in [1.29, 1.82) is 0 Å². The van der Waals surface area contributed by atoms with Gasteiger partial charge in [-0.3, -0.25) is 14.4 Å². The highest BCUT2D eigenvalue weighted by atomic mass is 16.5. The van der Waals surface area contributed by atoms with E-state index >= 15 is 0 Å². The van der Waals surface area contributed by atoms with E-state index in [2.05, 4.69) is 21.0 Å². The number of piperidine rings is 1. The molecule has 1 N–H and O–H groups in total. The Bertz CT molecular complexity index is 1810. The van der Waals surface area contributed by atoms with Gasteiger partial charge in [-0.15, -0.1) is 0 Å². The van der Waals surface area contributed by atoms with Crippen LogP contribution in [-0.4, -0.2) is 44.7 Å². The molecule has 9 heteroatoms. The van der Waals surface area contributed by atoms with Gasteiger partial charge in [-0.1, -0.05) is 6.07 Å². The van der Waals surface area contributed by atoms with Gasteiger partial charge in [0.25, 0.3) is 5.56 Å². The molecule has 1 saturated heterocycles. The van der Waals surface area contributed by atoms with Crippen LogP contribution in [-0.2, 0) is 4.79 Å². The maximum absolute atomic E-state index is 13.7. The highest BCUT2D eigenvalue weighted by Gasteiger charge is 2.23. The number of esters is 1. The summed E-state index contributed by atoms with van der Waals surface area (Å²) in [7, 11) is 0. The molecule has 192 valence electrons. The molecule has 0 radical (unpaired) electrons. The number of H-pyrrole nitrogens is 1. The third-order valence-electron chi connectivity index (χ3n) is 7.15. The van der Waals surface area contributed by atoms with Gasteiger partial charge in [0.1, 0.15) is 5.75 Å². The molecule has 6 rings (SSSR count).